The second-order valence-corrected chi connectivity index (χ2v) is 7.09. The van der Waals surface area contributed by atoms with Crippen LogP contribution in [0.2, 0.25) is 0 Å². The van der Waals surface area contributed by atoms with E-state index in [2.05, 4.69) is 10.0 Å². The summed E-state index contributed by atoms with van der Waals surface area (Å²) < 4.78 is 32.3. The molecule has 2 atom stereocenters. The molecule has 1 heterocycles. The zero-order valence-corrected chi connectivity index (χ0v) is 11.8. The van der Waals surface area contributed by atoms with E-state index < -0.39 is 10.0 Å². The Bertz CT molecular complexity index is 354. The molecule has 1 aliphatic carbocycles. The van der Waals surface area contributed by atoms with Crippen molar-refractivity contribution in [3.05, 3.63) is 0 Å². The standard InChI is InChI=1S/C12H24N2O3S/c1-2-13-7-3-9-18(15,16)14-11-6-8-17-12(11)10-4-5-10/h10-14H,2-9H2,1H3. The van der Waals surface area contributed by atoms with Crippen molar-refractivity contribution in [2.45, 2.75) is 44.8 Å². The predicted octanol–water partition coefficient (Wildman–Crippen LogP) is 0.473. The highest BCUT2D eigenvalue weighted by atomic mass is 32.2. The summed E-state index contributed by atoms with van der Waals surface area (Å²) in [6, 6.07) is 0.00151. The molecule has 2 unspecified atom stereocenters. The second-order valence-electron chi connectivity index (χ2n) is 5.21. The molecule has 0 bridgehead atoms. The van der Waals surface area contributed by atoms with Gasteiger partial charge in [0.2, 0.25) is 10.0 Å². The average molecular weight is 276 g/mol. The van der Waals surface area contributed by atoms with Gasteiger partial charge in [0.05, 0.1) is 17.9 Å². The van der Waals surface area contributed by atoms with Crippen LogP contribution in [0.25, 0.3) is 0 Å². The normalized spacial score (nSPS) is 28.7. The molecule has 0 radical (unpaired) electrons. The van der Waals surface area contributed by atoms with E-state index in [-0.39, 0.29) is 17.9 Å². The molecule has 106 valence electrons. The molecular formula is C12H24N2O3S. The molecule has 2 N–H and O–H groups in total. The summed E-state index contributed by atoms with van der Waals surface area (Å²) >= 11 is 0. The van der Waals surface area contributed by atoms with Crippen LogP contribution in [0.15, 0.2) is 0 Å². The molecule has 18 heavy (non-hydrogen) atoms. The van der Waals surface area contributed by atoms with Crippen LogP contribution < -0.4 is 10.0 Å². The summed E-state index contributed by atoms with van der Waals surface area (Å²) in [4.78, 5) is 0. The first-order valence-electron chi connectivity index (χ1n) is 6.94. The summed E-state index contributed by atoms with van der Waals surface area (Å²) in [5.41, 5.74) is 0. The van der Waals surface area contributed by atoms with Gasteiger partial charge in [0, 0.05) is 6.61 Å². The molecule has 5 nitrogen and oxygen atoms in total. The van der Waals surface area contributed by atoms with E-state index in [1.54, 1.807) is 0 Å². The number of ether oxygens (including phenoxy) is 1. The Morgan fingerprint density at radius 2 is 2.06 bits per heavy atom. The van der Waals surface area contributed by atoms with Gasteiger partial charge in [-0.2, -0.15) is 0 Å². The van der Waals surface area contributed by atoms with Crippen LogP contribution in [0.3, 0.4) is 0 Å². The zero-order valence-electron chi connectivity index (χ0n) is 11.0. The zero-order chi connectivity index (χ0) is 13.0. The fourth-order valence-corrected chi connectivity index (χ4v) is 3.84. The van der Waals surface area contributed by atoms with Gasteiger partial charge in [0.25, 0.3) is 0 Å². The largest absolute Gasteiger partial charge is 0.376 e. The van der Waals surface area contributed by atoms with E-state index in [9.17, 15) is 8.42 Å². The van der Waals surface area contributed by atoms with Crippen molar-refractivity contribution in [3.63, 3.8) is 0 Å². The van der Waals surface area contributed by atoms with Crippen molar-refractivity contribution in [1.82, 2.24) is 10.0 Å². The summed E-state index contributed by atoms with van der Waals surface area (Å²) in [5, 5.41) is 3.13. The van der Waals surface area contributed by atoms with Crippen LogP contribution in [-0.2, 0) is 14.8 Å². The maximum absolute atomic E-state index is 11.9. The van der Waals surface area contributed by atoms with Crippen LogP contribution in [0, 0.1) is 5.92 Å². The van der Waals surface area contributed by atoms with Crippen molar-refractivity contribution in [2.75, 3.05) is 25.4 Å². The first-order chi connectivity index (χ1) is 8.62. The third kappa shape index (κ3) is 4.19. The minimum atomic E-state index is -3.15. The number of hydrogen-bond acceptors (Lipinski definition) is 4. The van der Waals surface area contributed by atoms with Gasteiger partial charge >= 0.3 is 0 Å². The summed E-state index contributed by atoms with van der Waals surface area (Å²) in [6.07, 6.45) is 3.96. The average Bonchev–Trinajstić information content (AvgIpc) is 3.06. The third-order valence-corrected chi connectivity index (χ3v) is 5.06. The van der Waals surface area contributed by atoms with Crippen LogP contribution in [0.4, 0.5) is 0 Å². The Kier molecular flexibility index (Phi) is 5.00. The van der Waals surface area contributed by atoms with Gasteiger partial charge in [0.1, 0.15) is 0 Å². The second kappa shape index (κ2) is 6.32. The van der Waals surface area contributed by atoms with Gasteiger partial charge in [-0.05, 0) is 44.7 Å². The molecule has 2 aliphatic rings. The Hall–Kier alpha value is -0.170. The minimum Gasteiger partial charge on any atom is -0.376 e. The minimum absolute atomic E-state index is 0.00151. The molecule has 1 saturated heterocycles. The van der Waals surface area contributed by atoms with E-state index in [4.69, 9.17) is 4.74 Å². The Morgan fingerprint density at radius 3 is 2.72 bits per heavy atom. The SMILES string of the molecule is CCNCCCS(=O)(=O)NC1CCOC1C1CC1. The maximum Gasteiger partial charge on any atom is 0.211 e. The Balaban J connectivity index is 1.76. The summed E-state index contributed by atoms with van der Waals surface area (Å²) in [5.74, 6) is 0.787. The van der Waals surface area contributed by atoms with Gasteiger partial charge in [-0.25, -0.2) is 13.1 Å². The van der Waals surface area contributed by atoms with Crippen molar-refractivity contribution < 1.29 is 13.2 Å². The van der Waals surface area contributed by atoms with E-state index in [0.29, 0.717) is 18.9 Å². The number of rotatable bonds is 8. The fraction of sp³-hybridized carbons (Fsp3) is 1.00. The van der Waals surface area contributed by atoms with Crippen LogP contribution in [0.5, 0.6) is 0 Å². The molecule has 1 saturated carbocycles. The first-order valence-corrected chi connectivity index (χ1v) is 8.60. The molecule has 2 rings (SSSR count). The van der Waals surface area contributed by atoms with E-state index in [0.717, 1.165) is 19.5 Å². The first kappa shape index (κ1) is 14.2. The van der Waals surface area contributed by atoms with Gasteiger partial charge in [-0.1, -0.05) is 6.92 Å². The molecule has 0 spiro atoms. The topological polar surface area (TPSA) is 67.4 Å². The molecule has 1 aliphatic heterocycles. The molecule has 0 aromatic heterocycles. The number of hydrogen-bond donors (Lipinski definition) is 2. The van der Waals surface area contributed by atoms with Gasteiger partial charge < -0.3 is 10.1 Å². The number of sulfonamides is 1. The predicted molar refractivity (Wildman–Crippen MR) is 71.0 cm³/mol. The number of nitrogens with one attached hydrogen (secondary N) is 2. The van der Waals surface area contributed by atoms with Crippen molar-refractivity contribution in [1.29, 1.82) is 0 Å². The highest BCUT2D eigenvalue weighted by Crippen LogP contribution is 2.38. The lowest BCUT2D eigenvalue weighted by molar-refractivity contribution is 0.0848. The molecule has 0 aromatic rings. The van der Waals surface area contributed by atoms with Gasteiger partial charge in [0.15, 0.2) is 0 Å². The molecule has 0 amide bonds. The van der Waals surface area contributed by atoms with Crippen LogP contribution in [-0.4, -0.2) is 46.0 Å². The third-order valence-electron chi connectivity index (χ3n) is 3.57. The highest BCUT2D eigenvalue weighted by molar-refractivity contribution is 7.89. The van der Waals surface area contributed by atoms with Crippen molar-refractivity contribution in [3.8, 4) is 0 Å². The lowest BCUT2D eigenvalue weighted by atomic mass is 10.1. The van der Waals surface area contributed by atoms with Gasteiger partial charge in [-0.3, -0.25) is 0 Å². The Morgan fingerprint density at radius 1 is 1.28 bits per heavy atom. The quantitative estimate of drug-likeness (QED) is 0.633. The summed E-state index contributed by atoms with van der Waals surface area (Å²) in [6.45, 7) is 4.34. The van der Waals surface area contributed by atoms with E-state index in [1.807, 2.05) is 6.92 Å². The molecule has 0 aromatic carbocycles. The monoisotopic (exact) mass is 276 g/mol. The Labute approximate surface area is 110 Å². The van der Waals surface area contributed by atoms with Crippen LogP contribution in [0.1, 0.15) is 32.6 Å². The molecule has 6 heteroatoms. The summed E-state index contributed by atoms with van der Waals surface area (Å²) in [7, 11) is -3.15. The van der Waals surface area contributed by atoms with Crippen LogP contribution >= 0.6 is 0 Å². The molecule has 2 fully saturated rings. The molecular weight excluding hydrogens is 252 g/mol. The van der Waals surface area contributed by atoms with E-state index >= 15 is 0 Å². The lowest BCUT2D eigenvalue weighted by Gasteiger charge is -2.19. The van der Waals surface area contributed by atoms with Crippen molar-refractivity contribution in [2.24, 2.45) is 5.92 Å². The van der Waals surface area contributed by atoms with E-state index in [1.165, 1.54) is 12.8 Å². The fourth-order valence-electron chi connectivity index (χ4n) is 2.48. The lowest BCUT2D eigenvalue weighted by Crippen LogP contribution is -2.42. The smallest absolute Gasteiger partial charge is 0.211 e. The highest BCUT2D eigenvalue weighted by Gasteiger charge is 2.41. The van der Waals surface area contributed by atoms with Crippen molar-refractivity contribution >= 4 is 10.0 Å². The maximum atomic E-state index is 11.9. The van der Waals surface area contributed by atoms with Gasteiger partial charge in [-0.15, -0.1) is 0 Å².